The number of thioether (sulfide) groups is 1. The molecule has 8 heteroatoms. The van der Waals surface area contributed by atoms with Gasteiger partial charge in [0, 0.05) is 22.6 Å². The molecule has 1 N–H and O–H groups in total. The van der Waals surface area contributed by atoms with Crippen molar-refractivity contribution in [3.05, 3.63) is 71.5 Å². The lowest BCUT2D eigenvalue weighted by molar-refractivity contribution is -0.113. The zero-order valence-corrected chi connectivity index (χ0v) is 18.7. The summed E-state index contributed by atoms with van der Waals surface area (Å²) in [5, 5.41) is 12.2. The van der Waals surface area contributed by atoms with Crippen molar-refractivity contribution in [1.29, 1.82) is 0 Å². The second kappa shape index (κ2) is 9.49. The fourth-order valence-electron chi connectivity index (χ4n) is 2.92. The highest BCUT2D eigenvalue weighted by atomic mass is 79.9. The Kier molecular flexibility index (Phi) is 6.54. The van der Waals surface area contributed by atoms with Gasteiger partial charge in [-0.25, -0.2) is 0 Å². The van der Waals surface area contributed by atoms with Crippen LogP contribution in [0.25, 0.3) is 0 Å². The molecule has 1 fully saturated rings. The van der Waals surface area contributed by atoms with E-state index in [1.54, 1.807) is 0 Å². The van der Waals surface area contributed by atoms with Gasteiger partial charge >= 0.3 is 0 Å². The zero-order valence-electron chi connectivity index (χ0n) is 16.3. The van der Waals surface area contributed by atoms with Crippen LogP contribution in [0.4, 0.5) is 5.69 Å². The Labute approximate surface area is 187 Å². The van der Waals surface area contributed by atoms with Gasteiger partial charge in [0.2, 0.25) is 5.91 Å². The van der Waals surface area contributed by atoms with Gasteiger partial charge in [-0.1, -0.05) is 33.8 Å². The summed E-state index contributed by atoms with van der Waals surface area (Å²) in [6, 6.07) is 14.9. The molecule has 0 unspecified atom stereocenters. The summed E-state index contributed by atoms with van der Waals surface area (Å²) in [5.41, 5.74) is 0.718. The SMILES string of the molecule is C=CCn1c(SCC(=O)Nc2ccc(Oc3ccc(Br)cc3)cc2)nnc1C1CC1. The molecule has 1 aliphatic carbocycles. The Morgan fingerprint density at radius 2 is 1.83 bits per heavy atom. The van der Waals surface area contributed by atoms with Crippen molar-refractivity contribution in [2.45, 2.75) is 30.5 Å². The number of amides is 1. The van der Waals surface area contributed by atoms with E-state index in [-0.39, 0.29) is 11.7 Å². The van der Waals surface area contributed by atoms with Crippen LogP contribution in [0.15, 0.2) is 70.8 Å². The molecule has 0 aliphatic heterocycles. The lowest BCUT2D eigenvalue weighted by Crippen LogP contribution is -2.14. The van der Waals surface area contributed by atoms with E-state index in [0.29, 0.717) is 18.2 Å². The van der Waals surface area contributed by atoms with Crippen molar-refractivity contribution in [3.63, 3.8) is 0 Å². The number of ether oxygens (including phenoxy) is 1. The number of allylic oxidation sites excluding steroid dienone is 1. The summed E-state index contributed by atoms with van der Waals surface area (Å²) in [6.45, 7) is 4.46. The van der Waals surface area contributed by atoms with E-state index in [1.807, 2.05) is 54.6 Å². The van der Waals surface area contributed by atoms with Crippen molar-refractivity contribution < 1.29 is 9.53 Å². The minimum atomic E-state index is -0.0947. The molecule has 6 nitrogen and oxygen atoms in total. The van der Waals surface area contributed by atoms with Crippen molar-refractivity contribution >= 4 is 39.3 Å². The molecule has 1 aromatic heterocycles. The summed E-state index contributed by atoms with van der Waals surface area (Å²) < 4.78 is 8.85. The van der Waals surface area contributed by atoms with E-state index in [9.17, 15) is 4.79 Å². The maximum atomic E-state index is 12.4. The Morgan fingerprint density at radius 3 is 2.47 bits per heavy atom. The summed E-state index contributed by atoms with van der Waals surface area (Å²) >= 11 is 4.79. The molecule has 1 aliphatic rings. The first-order chi connectivity index (χ1) is 14.6. The van der Waals surface area contributed by atoms with Crippen LogP contribution in [0.5, 0.6) is 11.5 Å². The average Bonchev–Trinajstić information content (AvgIpc) is 3.51. The van der Waals surface area contributed by atoms with E-state index in [4.69, 9.17) is 4.74 Å². The fraction of sp³-hybridized carbons (Fsp3) is 0.227. The molecule has 2 aromatic carbocycles. The molecule has 0 spiro atoms. The predicted molar refractivity (Wildman–Crippen MR) is 122 cm³/mol. The number of nitrogens with one attached hydrogen (secondary N) is 1. The smallest absolute Gasteiger partial charge is 0.234 e. The summed E-state index contributed by atoms with van der Waals surface area (Å²) in [7, 11) is 0. The quantitative estimate of drug-likeness (QED) is 0.315. The normalized spacial score (nSPS) is 13.1. The van der Waals surface area contributed by atoms with Gasteiger partial charge in [0.1, 0.15) is 17.3 Å². The third-order valence-electron chi connectivity index (χ3n) is 4.52. The minimum Gasteiger partial charge on any atom is -0.457 e. The van der Waals surface area contributed by atoms with E-state index < -0.39 is 0 Å². The molecule has 30 heavy (non-hydrogen) atoms. The van der Waals surface area contributed by atoms with Crippen LogP contribution in [0.3, 0.4) is 0 Å². The molecule has 3 aromatic rings. The number of halogens is 1. The topological polar surface area (TPSA) is 69.0 Å². The Balaban J connectivity index is 1.31. The van der Waals surface area contributed by atoms with Gasteiger partial charge in [-0.2, -0.15) is 0 Å². The molecule has 0 atom stereocenters. The Morgan fingerprint density at radius 1 is 1.17 bits per heavy atom. The third-order valence-corrected chi connectivity index (χ3v) is 6.01. The number of hydrogen-bond acceptors (Lipinski definition) is 5. The van der Waals surface area contributed by atoms with E-state index in [1.165, 1.54) is 11.8 Å². The number of hydrogen-bond donors (Lipinski definition) is 1. The van der Waals surface area contributed by atoms with Crippen LogP contribution in [0.1, 0.15) is 24.6 Å². The first-order valence-corrected chi connectivity index (χ1v) is 11.4. The van der Waals surface area contributed by atoms with Gasteiger partial charge in [0.15, 0.2) is 5.16 Å². The first-order valence-electron chi connectivity index (χ1n) is 9.62. The number of carbonyl (C=O) groups is 1. The maximum Gasteiger partial charge on any atom is 0.234 e. The molecule has 1 amide bonds. The second-order valence-corrected chi connectivity index (χ2v) is 8.79. The summed E-state index contributed by atoms with van der Waals surface area (Å²) in [4.78, 5) is 12.4. The van der Waals surface area contributed by atoms with Crippen LogP contribution < -0.4 is 10.1 Å². The van der Waals surface area contributed by atoms with Crippen molar-refractivity contribution in [3.8, 4) is 11.5 Å². The van der Waals surface area contributed by atoms with Crippen LogP contribution in [0, 0.1) is 0 Å². The molecule has 0 bridgehead atoms. The van der Waals surface area contributed by atoms with E-state index >= 15 is 0 Å². The van der Waals surface area contributed by atoms with E-state index in [2.05, 4.69) is 42.6 Å². The predicted octanol–water partition coefficient (Wildman–Crippen LogP) is 5.63. The highest BCUT2D eigenvalue weighted by molar-refractivity contribution is 9.10. The highest BCUT2D eigenvalue weighted by Gasteiger charge is 2.30. The number of nitrogens with zero attached hydrogens (tertiary/aromatic N) is 3. The number of rotatable bonds is 9. The fourth-order valence-corrected chi connectivity index (χ4v) is 3.94. The van der Waals surface area contributed by atoms with Crippen LogP contribution in [-0.2, 0) is 11.3 Å². The summed E-state index contributed by atoms with van der Waals surface area (Å²) in [5.74, 6) is 3.12. The van der Waals surface area contributed by atoms with Crippen molar-refractivity contribution in [2.24, 2.45) is 0 Å². The Bertz CT molecular complexity index is 1030. The number of benzene rings is 2. The van der Waals surface area contributed by atoms with Gasteiger partial charge in [-0.3, -0.25) is 4.79 Å². The molecule has 0 saturated heterocycles. The van der Waals surface area contributed by atoms with E-state index in [0.717, 1.165) is 39.7 Å². The Hall–Kier alpha value is -2.58. The van der Waals surface area contributed by atoms with Gasteiger partial charge < -0.3 is 14.6 Å². The van der Waals surface area contributed by atoms with Gasteiger partial charge in [0.05, 0.1) is 5.75 Å². The van der Waals surface area contributed by atoms with Crippen LogP contribution >= 0.6 is 27.7 Å². The molecular weight excluding hydrogens is 464 g/mol. The molecule has 154 valence electrons. The molecule has 1 saturated carbocycles. The minimum absolute atomic E-state index is 0.0947. The lowest BCUT2D eigenvalue weighted by Gasteiger charge is -2.09. The lowest BCUT2D eigenvalue weighted by atomic mass is 10.3. The van der Waals surface area contributed by atoms with Crippen molar-refractivity contribution in [1.82, 2.24) is 14.8 Å². The first kappa shape index (κ1) is 20.7. The molecular formula is C22H21BrN4O2S. The molecule has 4 rings (SSSR count). The third kappa shape index (κ3) is 5.31. The van der Waals surface area contributed by atoms with Crippen LogP contribution in [0.2, 0.25) is 0 Å². The van der Waals surface area contributed by atoms with Gasteiger partial charge in [-0.15, -0.1) is 16.8 Å². The largest absolute Gasteiger partial charge is 0.457 e. The highest BCUT2D eigenvalue weighted by Crippen LogP contribution is 2.40. The zero-order chi connectivity index (χ0) is 20.9. The number of aromatic nitrogens is 3. The molecule has 0 radical (unpaired) electrons. The number of anilines is 1. The maximum absolute atomic E-state index is 12.4. The van der Waals surface area contributed by atoms with Gasteiger partial charge in [-0.05, 0) is 61.4 Å². The molecule has 1 heterocycles. The monoisotopic (exact) mass is 484 g/mol. The van der Waals surface area contributed by atoms with Crippen molar-refractivity contribution in [2.75, 3.05) is 11.1 Å². The van der Waals surface area contributed by atoms with Gasteiger partial charge in [0.25, 0.3) is 0 Å². The van der Waals surface area contributed by atoms with Crippen LogP contribution in [-0.4, -0.2) is 26.4 Å². The summed E-state index contributed by atoms with van der Waals surface area (Å²) in [6.07, 6.45) is 4.14. The second-order valence-electron chi connectivity index (χ2n) is 6.93. The number of carbonyl (C=O) groups excluding carboxylic acids is 1. The average molecular weight is 485 g/mol. The standard InChI is InChI=1S/C22H21BrN4O2S/c1-2-13-27-21(15-3-4-15)25-26-22(27)30-14-20(28)24-17-7-11-19(12-8-17)29-18-9-5-16(23)6-10-18/h2,5-12,15H,1,3-4,13-14H2,(H,24,28).